The maximum absolute atomic E-state index is 12.4. The normalized spacial score (nSPS) is 53.3. The van der Waals surface area contributed by atoms with E-state index in [2.05, 4.69) is 0 Å². The average Bonchev–Trinajstić information content (AvgIpc) is 2.90. The van der Waals surface area contributed by atoms with Crippen LogP contribution in [0.2, 0.25) is 0 Å². The van der Waals surface area contributed by atoms with Crippen molar-refractivity contribution >= 4 is 11.8 Å². The van der Waals surface area contributed by atoms with Crippen molar-refractivity contribution < 1.29 is 28.9 Å². The minimum Gasteiger partial charge on any atom is -0.463 e. The molecule has 1 N–H and O–H groups in total. The summed E-state index contributed by atoms with van der Waals surface area (Å²) in [7, 11) is 0. The summed E-state index contributed by atoms with van der Waals surface area (Å²) in [5.41, 5.74) is -1.74. The van der Waals surface area contributed by atoms with Gasteiger partial charge in [-0.3, -0.25) is 9.59 Å². The van der Waals surface area contributed by atoms with Gasteiger partial charge in [-0.25, -0.2) is 0 Å². The topological polar surface area (TPSA) is 82.1 Å². The Kier molecular flexibility index (Phi) is 2.69. The fourth-order valence-electron chi connectivity index (χ4n) is 5.34. The number of Topliss-reactive ketones (excluding diaryl/α,β-unsaturated/α-hetero) is 1. The summed E-state index contributed by atoms with van der Waals surface area (Å²) in [6, 6.07) is 0. The molecule has 0 aromatic carbocycles. The lowest BCUT2D eigenvalue weighted by Crippen LogP contribution is -2.63. The molecule has 6 unspecified atom stereocenters. The van der Waals surface area contributed by atoms with E-state index >= 15 is 0 Å². The number of rotatable bonds is 2. The highest BCUT2D eigenvalue weighted by Gasteiger charge is 2.88. The van der Waals surface area contributed by atoms with Gasteiger partial charge in [0.1, 0.15) is 12.2 Å². The second kappa shape index (κ2) is 4.05. The predicted molar refractivity (Wildman–Crippen MR) is 78.3 cm³/mol. The van der Waals surface area contributed by atoms with Crippen molar-refractivity contribution in [1.82, 2.24) is 0 Å². The molecular weight excluding hydrogens is 300 g/mol. The SMILES string of the molecule is CC(=O)OCC12OC34C=C(C)C(=O)CC3(C)C1(C)C(O)CC2O4. The van der Waals surface area contributed by atoms with Gasteiger partial charge in [0.2, 0.25) is 0 Å². The number of allylic oxidation sites excluding steroid dienone is 1. The lowest BCUT2D eigenvalue weighted by atomic mass is 9.52. The molecule has 2 aliphatic carbocycles. The molecular formula is C17H22O6. The molecule has 6 nitrogen and oxygen atoms in total. The Labute approximate surface area is 134 Å². The van der Waals surface area contributed by atoms with Crippen molar-refractivity contribution in [3.05, 3.63) is 11.6 Å². The maximum Gasteiger partial charge on any atom is 0.302 e. The van der Waals surface area contributed by atoms with Gasteiger partial charge in [0.15, 0.2) is 11.6 Å². The van der Waals surface area contributed by atoms with Gasteiger partial charge in [0.25, 0.3) is 0 Å². The monoisotopic (exact) mass is 322 g/mol. The van der Waals surface area contributed by atoms with Crippen molar-refractivity contribution in [2.24, 2.45) is 10.8 Å². The predicted octanol–water partition coefficient (Wildman–Crippen LogP) is 1.11. The molecule has 2 aliphatic heterocycles. The van der Waals surface area contributed by atoms with Crippen LogP contribution in [0.15, 0.2) is 11.6 Å². The van der Waals surface area contributed by atoms with Gasteiger partial charge >= 0.3 is 5.97 Å². The van der Waals surface area contributed by atoms with E-state index in [9.17, 15) is 14.7 Å². The molecule has 1 saturated carbocycles. The van der Waals surface area contributed by atoms with Crippen LogP contribution >= 0.6 is 0 Å². The number of hydrogen-bond acceptors (Lipinski definition) is 6. The Balaban J connectivity index is 1.90. The van der Waals surface area contributed by atoms with Crippen LogP contribution in [0.5, 0.6) is 0 Å². The summed E-state index contributed by atoms with van der Waals surface area (Å²) in [6.45, 7) is 7.01. The third kappa shape index (κ3) is 1.38. The lowest BCUT2D eigenvalue weighted by molar-refractivity contribution is -0.203. The van der Waals surface area contributed by atoms with E-state index in [1.807, 2.05) is 13.8 Å². The first kappa shape index (κ1) is 15.3. The number of ether oxygens (including phenoxy) is 3. The zero-order chi connectivity index (χ0) is 16.8. The average molecular weight is 322 g/mol. The quantitative estimate of drug-likeness (QED) is 0.767. The van der Waals surface area contributed by atoms with Gasteiger partial charge in [-0.1, -0.05) is 13.8 Å². The Bertz CT molecular complexity index is 655. The molecule has 6 heteroatoms. The second-order valence-electron chi connectivity index (χ2n) is 7.76. The Morgan fingerprint density at radius 1 is 1.48 bits per heavy atom. The van der Waals surface area contributed by atoms with Crippen molar-refractivity contribution in [2.45, 2.75) is 64.1 Å². The molecule has 0 aromatic heterocycles. The summed E-state index contributed by atoms with van der Waals surface area (Å²) >= 11 is 0. The number of fused-ring (bicyclic) bond motifs is 1. The first-order valence-electron chi connectivity index (χ1n) is 8.04. The zero-order valence-corrected chi connectivity index (χ0v) is 13.8. The second-order valence-corrected chi connectivity index (χ2v) is 7.76. The third-order valence-corrected chi connectivity index (χ3v) is 6.92. The number of esters is 1. The zero-order valence-electron chi connectivity index (χ0n) is 13.8. The number of carbonyl (C=O) groups is 2. The molecule has 0 amide bonds. The van der Waals surface area contributed by atoms with E-state index in [1.165, 1.54) is 6.92 Å². The van der Waals surface area contributed by atoms with Crippen molar-refractivity contribution in [1.29, 1.82) is 0 Å². The number of ketones is 1. The highest BCUT2D eigenvalue weighted by atomic mass is 16.8. The van der Waals surface area contributed by atoms with E-state index in [-0.39, 0.29) is 24.9 Å². The molecule has 1 spiro atoms. The van der Waals surface area contributed by atoms with E-state index in [1.54, 1.807) is 13.0 Å². The fourth-order valence-corrected chi connectivity index (χ4v) is 5.34. The molecule has 0 radical (unpaired) electrons. The molecule has 3 fully saturated rings. The molecule has 2 saturated heterocycles. The number of carbonyl (C=O) groups excluding carboxylic acids is 2. The van der Waals surface area contributed by atoms with E-state index in [4.69, 9.17) is 14.2 Å². The lowest BCUT2D eigenvalue weighted by Gasteiger charge is -2.53. The van der Waals surface area contributed by atoms with E-state index in [0.29, 0.717) is 12.0 Å². The summed E-state index contributed by atoms with van der Waals surface area (Å²) in [5, 5.41) is 10.8. The van der Waals surface area contributed by atoms with Gasteiger partial charge in [-0.05, 0) is 18.6 Å². The van der Waals surface area contributed by atoms with Crippen LogP contribution in [-0.4, -0.2) is 47.1 Å². The van der Waals surface area contributed by atoms with E-state index in [0.717, 1.165) is 0 Å². The van der Waals surface area contributed by atoms with Crippen molar-refractivity contribution in [3.63, 3.8) is 0 Å². The number of aliphatic hydroxyl groups is 1. The standard InChI is InChI=1S/C17H22O6/c1-9-6-17-14(3,7-11(9)19)15(4)12(20)5-13(22-17)16(15,23-17)8-21-10(2)18/h6,12-13,20H,5,7-8H2,1-4H3. The maximum atomic E-state index is 12.4. The highest BCUT2D eigenvalue weighted by molar-refractivity contribution is 5.97. The summed E-state index contributed by atoms with van der Waals surface area (Å²) in [5.74, 6) is -1.40. The van der Waals surface area contributed by atoms with Gasteiger partial charge < -0.3 is 19.3 Å². The fraction of sp³-hybridized carbons (Fsp3) is 0.765. The Morgan fingerprint density at radius 2 is 2.17 bits per heavy atom. The highest BCUT2D eigenvalue weighted by Crippen LogP contribution is 2.77. The van der Waals surface area contributed by atoms with Crippen molar-refractivity contribution in [2.75, 3.05) is 6.61 Å². The Morgan fingerprint density at radius 3 is 2.83 bits per heavy atom. The van der Waals surface area contributed by atoms with Crippen molar-refractivity contribution in [3.8, 4) is 0 Å². The van der Waals surface area contributed by atoms with Gasteiger partial charge in [0.05, 0.1) is 12.2 Å². The van der Waals surface area contributed by atoms with E-state index < -0.39 is 34.3 Å². The number of hydrogen-bond donors (Lipinski definition) is 1. The number of aliphatic hydroxyl groups excluding tert-OH is 1. The van der Waals surface area contributed by atoms with Crippen LogP contribution in [0.3, 0.4) is 0 Å². The van der Waals surface area contributed by atoms with Crippen LogP contribution in [0.25, 0.3) is 0 Å². The molecule has 6 atom stereocenters. The van der Waals surface area contributed by atoms with Gasteiger partial charge in [0, 0.05) is 30.6 Å². The smallest absolute Gasteiger partial charge is 0.302 e. The Hall–Kier alpha value is -1.24. The van der Waals surface area contributed by atoms with Crippen LogP contribution in [0.4, 0.5) is 0 Å². The molecule has 126 valence electrons. The van der Waals surface area contributed by atoms with Crippen LogP contribution in [0, 0.1) is 10.8 Å². The summed E-state index contributed by atoms with van der Waals surface area (Å²) in [6.07, 6.45) is 1.38. The molecule has 0 aromatic rings. The minimum atomic E-state index is -1.04. The van der Waals surface area contributed by atoms with Gasteiger partial charge in [-0.15, -0.1) is 0 Å². The molecule has 4 aliphatic rings. The summed E-state index contributed by atoms with van der Waals surface area (Å²) < 4.78 is 17.9. The minimum absolute atomic E-state index is 0.0268. The molecule has 2 heterocycles. The molecule has 23 heavy (non-hydrogen) atoms. The third-order valence-electron chi connectivity index (χ3n) is 6.92. The first-order chi connectivity index (χ1) is 10.6. The summed E-state index contributed by atoms with van der Waals surface area (Å²) in [4.78, 5) is 23.7. The molecule has 4 rings (SSSR count). The van der Waals surface area contributed by atoms with Gasteiger partial charge in [-0.2, -0.15) is 0 Å². The first-order valence-corrected chi connectivity index (χ1v) is 8.04. The van der Waals surface area contributed by atoms with Crippen LogP contribution < -0.4 is 0 Å². The van der Waals surface area contributed by atoms with Crippen LogP contribution in [0.1, 0.15) is 40.5 Å². The molecule has 2 bridgehead atoms. The van der Waals surface area contributed by atoms with Crippen LogP contribution in [-0.2, 0) is 23.8 Å². The largest absolute Gasteiger partial charge is 0.463 e.